The van der Waals surface area contributed by atoms with E-state index in [1.807, 2.05) is 0 Å². The molecule has 6 heteroatoms. The Bertz CT molecular complexity index is 160. The molecule has 0 aliphatic rings. The normalized spacial score (nSPS) is 11.6. The SMILES string of the molecule is CCC(C)(C)[NH3+].O=C([O-])C(F)(F)F. The fraction of sp³-hybridized carbons (Fsp3) is 0.857. The van der Waals surface area contributed by atoms with Gasteiger partial charge in [-0.05, 0) is 20.3 Å². The van der Waals surface area contributed by atoms with E-state index in [0.29, 0.717) is 5.54 Å². The average molecular weight is 201 g/mol. The smallest absolute Gasteiger partial charge is 0.430 e. The minimum atomic E-state index is -5.19. The van der Waals surface area contributed by atoms with Crippen molar-refractivity contribution < 1.29 is 28.8 Å². The monoisotopic (exact) mass is 201 g/mol. The summed E-state index contributed by atoms with van der Waals surface area (Å²) in [4.78, 5) is 8.78. The van der Waals surface area contributed by atoms with Gasteiger partial charge in [0.2, 0.25) is 0 Å². The number of halogens is 3. The first-order valence-electron chi connectivity index (χ1n) is 3.64. The summed E-state index contributed by atoms with van der Waals surface area (Å²) in [7, 11) is 0. The molecule has 0 aromatic heterocycles. The van der Waals surface area contributed by atoms with Crippen LogP contribution in [0.4, 0.5) is 13.2 Å². The van der Waals surface area contributed by atoms with Crippen molar-refractivity contribution in [1.82, 2.24) is 0 Å². The van der Waals surface area contributed by atoms with E-state index >= 15 is 0 Å². The lowest BCUT2D eigenvalue weighted by molar-refractivity contribution is -0.466. The first-order chi connectivity index (χ1) is 5.50. The molecule has 0 spiro atoms. The Kier molecular flexibility index (Phi) is 5.73. The van der Waals surface area contributed by atoms with Crippen LogP contribution in [0.3, 0.4) is 0 Å². The van der Waals surface area contributed by atoms with Crippen molar-refractivity contribution in [3.63, 3.8) is 0 Å². The Hall–Kier alpha value is -0.780. The number of rotatable bonds is 1. The zero-order valence-electron chi connectivity index (χ0n) is 7.86. The summed E-state index contributed by atoms with van der Waals surface area (Å²) in [6.07, 6.45) is -4.03. The van der Waals surface area contributed by atoms with Crippen molar-refractivity contribution >= 4 is 5.97 Å². The van der Waals surface area contributed by atoms with Crippen LogP contribution in [0.2, 0.25) is 0 Å². The standard InChI is InChI=1S/C5H13N.C2HF3O2/c1-4-5(2,3)6;3-2(4,5)1(6)7/h4,6H2,1-3H3;(H,6,7). The second-order valence-electron chi connectivity index (χ2n) is 3.30. The van der Waals surface area contributed by atoms with Crippen molar-refractivity contribution in [2.24, 2.45) is 0 Å². The minimum Gasteiger partial charge on any atom is -0.542 e. The Labute approximate surface area is 74.7 Å². The fourth-order valence-electron chi connectivity index (χ4n) is 0. The van der Waals surface area contributed by atoms with Crippen LogP contribution < -0.4 is 10.8 Å². The molecule has 0 radical (unpaired) electrons. The predicted octanol–water partition coefficient (Wildman–Crippen LogP) is -0.284. The molecule has 13 heavy (non-hydrogen) atoms. The number of carboxylic acid groups (broad SMARTS) is 1. The number of alkyl halides is 3. The molecular weight excluding hydrogens is 187 g/mol. The average Bonchev–Trinajstić information content (AvgIpc) is 1.85. The van der Waals surface area contributed by atoms with Gasteiger partial charge in [-0.2, -0.15) is 13.2 Å². The Morgan fingerprint density at radius 3 is 1.54 bits per heavy atom. The van der Waals surface area contributed by atoms with Crippen molar-refractivity contribution in [2.75, 3.05) is 0 Å². The van der Waals surface area contributed by atoms with Gasteiger partial charge in [0.05, 0.1) is 5.54 Å². The molecular formula is C7H14F3NO2. The van der Waals surface area contributed by atoms with Crippen molar-refractivity contribution in [3.8, 4) is 0 Å². The van der Waals surface area contributed by atoms with Crippen LogP contribution in [-0.4, -0.2) is 17.7 Å². The van der Waals surface area contributed by atoms with Crippen LogP contribution in [0.15, 0.2) is 0 Å². The first kappa shape index (κ1) is 14.7. The molecule has 0 aromatic carbocycles. The summed E-state index contributed by atoms with van der Waals surface area (Å²) in [6, 6.07) is 0. The third kappa shape index (κ3) is 14.1. The Morgan fingerprint density at radius 2 is 1.54 bits per heavy atom. The molecule has 0 fully saturated rings. The highest BCUT2D eigenvalue weighted by Gasteiger charge is 2.28. The number of hydrogen-bond donors (Lipinski definition) is 1. The van der Waals surface area contributed by atoms with E-state index in [1.165, 1.54) is 0 Å². The third-order valence-electron chi connectivity index (χ3n) is 1.19. The predicted molar refractivity (Wildman–Crippen MR) is 38.3 cm³/mol. The molecule has 0 rings (SSSR count). The summed E-state index contributed by atoms with van der Waals surface area (Å²) in [5, 5.41) is 8.78. The van der Waals surface area contributed by atoms with Gasteiger partial charge in [-0.25, -0.2) is 0 Å². The van der Waals surface area contributed by atoms with Gasteiger partial charge >= 0.3 is 6.18 Å². The van der Waals surface area contributed by atoms with Gasteiger partial charge in [0.25, 0.3) is 0 Å². The number of aliphatic carboxylic acids is 1. The molecule has 0 bridgehead atoms. The summed E-state index contributed by atoms with van der Waals surface area (Å²) >= 11 is 0. The summed E-state index contributed by atoms with van der Waals surface area (Å²) in [5.74, 6) is -3.01. The Morgan fingerprint density at radius 1 is 1.38 bits per heavy atom. The lowest BCUT2D eigenvalue weighted by Gasteiger charge is -2.08. The van der Waals surface area contributed by atoms with Crippen molar-refractivity contribution in [1.29, 1.82) is 0 Å². The number of hydrogen-bond acceptors (Lipinski definition) is 2. The highest BCUT2D eigenvalue weighted by molar-refractivity contribution is 5.70. The lowest BCUT2D eigenvalue weighted by Crippen LogP contribution is -2.68. The van der Waals surface area contributed by atoms with Crippen LogP contribution in [0.5, 0.6) is 0 Å². The van der Waals surface area contributed by atoms with Gasteiger partial charge in [-0.1, -0.05) is 6.92 Å². The molecule has 80 valence electrons. The molecule has 0 saturated heterocycles. The first-order valence-corrected chi connectivity index (χ1v) is 3.64. The second kappa shape index (κ2) is 5.06. The van der Waals surface area contributed by atoms with Crippen LogP contribution in [0, 0.1) is 0 Å². The van der Waals surface area contributed by atoms with Gasteiger partial charge in [0.15, 0.2) is 0 Å². The molecule has 0 amide bonds. The number of carboxylic acids is 1. The van der Waals surface area contributed by atoms with Gasteiger partial charge in [-0.15, -0.1) is 0 Å². The zero-order valence-corrected chi connectivity index (χ0v) is 7.86. The largest absolute Gasteiger partial charge is 0.542 e. The molecule has 0 saturated carbocycles. The third-order valence-corrected chi connectivity index (χ3v) is 1.19. The van der Waals surface area contributed by atoms with Gasteiger partial charge in [0.1, 0.15) is 5.97 Å². The maximum atomic E-state index is 10.5. The van der Waals surface area contributed by atoms with Gasteiger partial charge < -0.3 is 15.6 Å². The quantitative estimate of drug-likeness (QED) is 0.633. The van der Waals surface area contributed by atoms with E-state index in [4.69, 9.17) is 9.90 Å². The molecule has 0 unspecified atom stereocenters. The fourth-order valence-corrected chi connectivity index (χ4v) is 0. The van der Waals surface area contributed by atoms with Crippen LogP contribution >= 0.6 is 0 Å². The van der Waals surface area contributed by atoms with Crippen LogP contribution in [-0.2, 0) is 4.79 Å². The van der Waals surface area contributed by atoms with E-state index in [2.05, 4.69) is 26.5 Å². The molecule has 0 aliphatic carbocycles. The minimum absolute atomic E-state index is 0.292. The molecule has 0 aliphatic heterocycles. The summed E-state index contributed by atoms with van der Waals surface area (Å²) < 4.78 is 31.5. The number of carbonyl (C=O) groups is 1. The maximum absolute atomic E-state index is 10.5. The highest BCUT2D eigenvalue weighted by Crippen LogP contribution is 2.11. The summed E-state index contributed by atoms with van der Waals surface area (Å²) in [5.41, 5.74) is 4.18. The molecule has 3 N–H and O–H groups in total. The van der Waals surface area contributed by atoms with Gasteiger partial charge in [0, 0.05) is 0 Å². The summed E-state index contributed by atoms with van der Waals surface area (Å²) in [6.45, 7) is 6.41. The second-order valence-corrected chi connectivity index (χ2v) is 3.30. The highest BCUT2D eigenvalue weighted by atomic mass is 19.4. The van der Waals surface area contributed by atoms with E-state index in [9.17, 15) is 13.2 Å². The van der Waals surface area contributed by atoms with E-state index in [1.54, 1.807) is 0 Å². The van der Waals surface area contributed by atoms with E-state index in [0.717, 1.165) is 6.42 Å². The number of carbonyl (C=O) groups excluding carboxylic acids is 1. The van der Waals surface area contributed by atoms with Crippen LogP contribution in [0.1, 0.15) is 27.2 Å². The van der Waals surface area contributed by atoms with E-state index < -0.39 is 12.1 Å². The van der Waals surface area contributed by atoms with Crippen molar-refractivity contribution in [3.05, 3.63) is 0 Å². The van der Waals surface area contributed by atoms with Crippen LogP contribution in [0.25, 0.3) is 0 Å². The van der Waals surface area contributed by atoms with Crippen molar-refractivity contribution in [2.45, 2.75) is 38.9 Å². The molecule has 0 atom stereocenters. The number of quaternary nitrogens is 1. The maximum Gasteiger partial charge on any atom is 0.430 e. The Balaban J connectivity index is 0. The van der Waals surface area contributed by atoms with E-state index in [-0.39, 0.29) is 0 Å². The zero-order chi connectivity index (χ0) is 11.3. The molecule has 0 aromatic rings. The molecule has 0 heterocycles. The topological polar surface area (TPSA) is 67.8 Å². The van der Waals surface area contributed by atoms with Gasteiger partial charge in [-0.3, -0.25) is 0 Å². The lowest BCUT2D eigenvalue weighted by atomic mass is 10.1. The molecule has 3 nitrogen and oxygen atoms in total.